The van der Waals surface area contributed by atoms with Gasteiger partial charge in [0.25, 0.3) is 5.95 Å². The average molecular weight is 162 g/mol. The van der Waals surface area contributed by atoms with Crippen LogP contribution in [0.3, 0.4) is 0 Å². The second-order valence-corrected chi connectivity index (χ2v) is 2.15. The van der Waals surface area contributed by atoms with Crippen molar-refractivity contribution in [2.75, 3.05) is 0 Å². The summed E-state index contributed by atoms with van der Waals surface area (Å²) < 4.78 is 1.25. The van der Waals surface area contributed by atoms with Crippen molar-refractivity contribution in [2.45, 2.75) is 0 Å². The van der Waals surface area contributed by atoms with E-state index in [0.717, 1.165) is 0 Å². The van der Waals surface area contributed by atoms with Crippen LogP contribution >= 0.6 is 0 Å². The number of aromatic hydroxyl groups is 1. The molecular weight excluding hydrogens is 156 g/mol. The zero-order chi connectivity index (χ0) is 8.39. The Bertz CT molecular complexity index is 370. The topological polar surface area (TPSA) is 63.8 Å². The molecule has 0 fully saturated rings. The molecule has 0 unspecified atom stereocenters. The van der Waals surface area contributed by atoms with E-state index in [2.05, 4.69) is 15.1 Å². The van der Waals surface area contributed by atoms with Gasteiger partial charge >= 0.3 is 0 Å². The van der Waals surface area contributed by atoms with Crippen LogP contribution in [0.5, 0.6) is 5.88 Å². The summed E-state index contributed by atoms with van der Waals surface area (Å²) in [5, 5.41) is 13.1. The molecule has 0 aliphatic rings. The van der Waals surface area contributed by atoms with Crippen LogP contribution in [-0.2, 0) is 0 Å². The van der Waals surface area contributed by atoms with Gasteiger partial charge in [-0.15, -0.1) is 0 Å². The quantitative estimate of drug-likeness (QED) is 0.657. The van der Waals surface area contributed by atoms with E-state index in [0.29, 0.717) is 5.95 Å². The van der Waals surface area contributed by atoms with Gasteiger partial charge in [0.1, 0.15) is 0 Å². The van der Waals surface area contributed by atoms with Gasteiger partial charge in [0.2, 0.25) is 5.88 Å². The zero-order valence-electron chi connectivity index (χ0n) is 6.12. The van der Waals surface area contributed by atoms with E-state index in [1.807, 2.05) is 0 Å². The van der Waals surface area contributed by atoms with E-state index in [4.69, 9.17) is 0 Å². The Hall–Kier alpha value is -1.91. The van der Waals surface area contributed by atoms with Crippen molar-refractivity contribution in [3.63, 3.8) is 0 Å². The molecule has 2 aromatic rings. The predicted octanol–water partition coefficient (Wildman–Crippen LogP) is 0.368. The summed E-state index contributed by atoms with van der Waals surface area (Å²) in [6.45, 7) is 0. The van der Waals surface area contributed by atoms with Gasteiger partial charge in [0.15, 0.2) is 0 Å². The normalized spacial score (nSPS) is 10.0. The molecule has 0 amide bonds. The van der Waals surface area contributed by atoms with Crippen LogP contribution in [-0.4, -0.2) is 24.9 Å². The lowest BCUT2D eigenvalue weighted by molar-refractivity contribution is 0.430. The van der Waals surface area contributed by atoms with Crippen molar-refractivity contribution in [1.29, 1.82) is 0 Å². The molecule has 2 heterocycles. The van der Waals surface area contributed by atoms with Gasteiger partial charge in [0, 0.05) is 18.5 Å². The molecule has 0 aliphatic carbocycles. The van der Waals surface area contributed by atoms with E-state index >= 15 is 0 Å². The minimum Gasteiger partial charge on any atom is -0.493 e. The molecule has 5 nitrogen and oxygen atoms in total. The largest absolute Gasteiger partial charge is 0.493 e. The SMILES string of the molecule is Oc1ccnn1-c1ncccn1. The molecule has 1 N–H and O–H groups in total. The number of hydrogen-bond donors (Lipinski definition) is 1. The zero-order valence-corrected chi connectivity index (χ0v) is 6.12. The van der Waals surface area contributed by atoms with Gasteiger partial charge < -0.3 is 5.11 Å². The Morgan fingerprint density at radius 2 is 1.92 bits per heavy atom. The van der Waals surface area contributed by atoms with Crippen LogP contribution in [0.25, 0.3) is 5.95 Å². The van der Waals surface area contributed by atoms with E-state index in [1.54, 1.807) is 18.5 Å². The first-order valence-electron chi connectivity index (χ1n) is 3.38. The van der Waals surface area contributed by atoms with Gasteiger partial charge in [0.05, 0.1) is 6.20 Å². The molecule has 12 heavy (non-hydrogen) atoms. The molecule has 5 heteroatoms. The molecule has 2 aromatic heterocycles. The van der Waals surface area contributed by atoms with Crippen LogP contribution < -0.4 is 0 Å². The molecule has 0 spiro atoms. The third kappa shape index (κ3) is 1.01. The minimum atomic E-state index is 0.0289. The fraction of sp³-hybridized carbons (Fsp3) is 0. The molecule has 0 atom stereocenters. The van der Waals surface area contributed by atoms with Crippen molar-refractivity contribution in [3.05, 3.63) is 30.7 Å². The van der Waals surface area contributed by atoms with Gasteiger partial charge in [-0.2, -0.15) is 9.78 Å². The Labute approximate surface area is 68.3 Å². The minimum absolute atomic E-state index is 0.0289. The summed E-state index contributed by atoms with van der Waals surface area (Å²) in [5.41, 5.74) is 0. The Morgan fingerprint density at radius 1 is 1.17 bits per heavy atom. The molecule has 0 saturated heterocycles. The van der Waals surface area contributed by atoms with Crippen LogP contribution in [0.15, 0.2) is 30.7 Å². The Kier molecular flexibility index (Phi) is 1.48. The molecule has 2 rings (SSSR count). The van der Waals surface area contributed by atoms with Crippen molar-refractivity contribution >= 4 is 0 Å². The monoisotopic (exact) mass is 162 g/mol. The second-order valence-electron chi connectivity index (χ2n) is 2.15. The smallest absolute Gasteiger partial charge is 0.253 e. The summed E-state index contributed by atoms with van der Waals surface area (Å²) in [4.78, 5) is 7.82. The summed E-state index contributed by atoms with van der Waals surface area (Å²) in [6, 6.07) is 3.17. The standard InChI is InChI=1S/C7H6N4O/c12-6-2-5-10-11(6)7-8-3-1-4-9-7/h1-5,12H. The van der Waals surface area contributed by atoms with Crippen molar-refractivity contribution in [1.82, 2.24) is 19.7 Å². The maximum atomic E-state index is 9.22. The lowest BCUT2D eigenvalue weighted by Crippen LogP contribution is -2.00. The first-order valence-corrected chi connectivity index (χ1v) is 3.38. The molecule has 0 aromatic carbocycles. The van der Waals surface area contributed by atoms with Crippen molar-refractivity contribution in [3.8, 4) is 11.8 Å². The average Bonchev–Trinajstić information content (AvgIpc) is 2.53. The van der Waals surface area contributed by atoms with Gasteiger partial charge in [-0.1, -0.05) is 0 Å². The van der Waals surface area contributed by atoms with Crippen molar-refractivity contribution in [2.24, 2.45) is 0 Å². The highest BCUT2D eigenvalue weighted by molar-refractivity contribution is 5.18. The summed E-state index contributed by atoms with van der Waals surface area (Å²) in [7, 11) is 0. The highest BCUT2D eigenvalue weighted by Gasteiger charge is 2.03. The van der Waals surface area contributed by atoms with Crippen LogP contribution in [0.2, 0.25) is 0 Å². The van der Waals surface area contributed by atoms with Crippen LogP contribution in [0.4, 0.5) is 0 Å². The van der Waals surface area contributed by atoms with E-state index in [1.165, 1.54) is 16.9 Å². The maximum absolute atomic E-state index is 9.22. The van der Waals surface area contributed by atoms with Gasteiger partial charge in [-0.05, 0) is 6.07 Å². The highest BCUT2D eigenvalue weighted by Crippen LogP contribution is 2.09. The third-order valence-electron chi connectivity index (χ3n) is 1.36. The van der Waals surface area contributed by atoms with Gasteiger partial charge in [-0.3, -0.25) is 0 Å². The predicted molar refractivity (Wildman–Crippen MR) is 40.8 cm³/mol. The number of rotatable bonds is 1. The first kappa shape index (κ1) is 6.78. The van der Waals surface area contributed by atoms with Crippen LogP contribution in [0, 0.1) is 0 Å². The maximum Gasteiger partial charge on any atom is 0.253 e. The number of hydrogen-bond acceptors (Lipinski definition) is 4. The lowest BCUT2D eigenvalue weighted by Gasteiger charge is -1.97. The third-order valence-corrected chi connectivity index (χ3v) is 1.36. The summed E-state index contributed by atoms with van der Waals surface area (Å²) in [5.74, 6) is 0.390. The Balaban J connectivity index is 2.51. The van der Waals surface area contributed by atoms with Gasteiger partial charge in [-0.25, -0.2) is 9.97 Å². The molecule has 0 saturated carbocycles. The summed E-state index contributed by atoms with van der Waals surface area (Å²) >= 11 is 0. The molecular formula is C7H6N4O. The molecule has 0 radical (unpaired) electrons. The first-order chi connectivity index (χ1) is 5.88. The van der Waals surface area contributed by atoms with E-state index in [9.17, 15) is 5.11 Å². The van der Waals surface area contributed by atoms with Crippen molar-refractivity contribution < 1.29 is 5.11 Å². The Morgan fingerprint density at radius 3 is 2.50 bits per heavy atom. The fourth-order valence-electron chi connectivity index (χ4n) is 0.851. The molecule has 60 valence electrons. The van der Waals surface area contributed by atoms with Crippen LogP contribution in [0.1, 0.15) is 0 Å². The second kappa shape index (κ2) is 2.61. The summed E-state index contributed by atoms with van der Waals surface area (Å²) in [6.07, 6.45) is 4.65. The highest BCUT2D eigenvalue weighted by atomic mass is 16.3. The van der Waals surface area contributed by atoms with E-state index in [-0.39, 0.29) is 5.88 Å². The van der Waals surface area contributed by atoms with E-state index < -0.39 is 0 Å². The number of aromatic nitrogens is 4. The number of nitrogens with zero attached hydrogens (tertiary/aromatic N) is 4. The molecule has 0 aliphatic heterocycles. The fourth-order valence-corrected chi connectivity index (χ4v) is 0.851. The molecule has 0 bridgehead atoms. The lowest BCUT2D eigenvalue weighted by atomic mass is 10.6.